The van der Waals surface area contributed by atoms with Gasteiger partial charge in [0.05, 0.1) is 23.5 Å². The molecule has 0 unspecified atom stereocenters. The van der Waals surface area contributed by atoms with Crippen molar-refractivity contribution in [3.63, 3.8) is 0 Å². The van der Waals surface area contributed by atoms with Crippen molar-refractivity contribution in [3.05, 3.63) is 83.0 Å². The molecule has 0 bridgehead atoms. The number of carbonyl (C=O) groups is 2. The summed E-state index contributed by atoms with van der Waals surface area (Å²) in [5, 5.41) is 2.89. The first kappa shape index (κ1) is 20.3. The molecule has 29 heavy (non-hydrogen) atoms. The van der Waals surface area contributed by atoms with Gasteiger partial charge in [-0.3, -0.25) is 14.6 Å². The standard InChI is InChI=1S/C24H25N3O2/c1-16-9-8-12-21(17(16)2)26-23(28)15-27(4)24(29)20-13-14-22(25-18(20)3)19-10-6-5-7-11-19/h5-14H,15H2,1-4H3,(H,26,28). The number of pyridine rings is 1. The second-order valence-electron chi connectivity index (χ2n) is 7.15. The van der Waals surface area contributed by atoms with Gasteiger partial charge in [0.1, 0.15) is 0 Å². The predicted molar refractivity (Wildman–Crippen MR) is 116 cm³/mol. The number of likely N-dealkylation sites (N-methyl/N-ethyl adjacent to an activating group) is 1. The van der Waals surface area contributed by atoms with E-state index in [1.54, 1.807) is 13.1 Å². The van der Waals surface area contributed by atoms with Crippen molar-refractivity contribution >= 4 is 17.5 Å². The van der Waals surface area contributed by atoms with E-state index in [2.05, 4.69) is 10.3 Å². The Kier molecular flexibility index (Phi) is 6.07. The van der Waals surface area contributed by atoms with Gasteiger partial charge in [-0.15, -0.1) is 0 Å². The van der Waals surface area contributed by atoms with E-state index in [4.69, 9.17) is 0 Å². The molecule has 5 heteroatoms. The third-order valence-corrected chi connectivity index (χ3v) is 4.99. The molecule has 0 saturated heterocycles. The summed E-state index contributed by atoms with van der Waals surface area (Å²) in [5.74, 6) is -0.466. The Morgan fingerprint density at radius 2 is 1.66 bits per heavy atom. The van der Waals surface area contributed by atoms with Crippen LogP contribution in [0.5, 0.6) is 0 Å². The summed E-state index contributed by atoms with van der Waals surface area (Å²) in [5.41, 5.74) is 5.83. The summed E-state index contributed by atoms with van der Waals surface area (Å²) in [6.07, 6.45) is 0. The average molecular weight is 387 g/mol. The number of rotatable bonds is 5. The van der Waals surface area contributed by atoms with E-state index in [1.807, 2.05) is 75.4 Å². The van der Waals surface area contributed by atoms with Gasteiger partial charge < -0.3 is 10.2 Å². The van der Waals surface area contributed by atoms with E-state index in [-0.39, 0.29) is 18.4 Å². The molecule has 3 aromatic rings. The molecule has 0 atom stereocenters. The SMILES string of the molecule is Cc1cccc(NC(=O)CN(C)C(=O)c2ccc(-c3ccccc3)nc2C)c1C. The molecule has 5 nitrogen and oxygen atoms in total. The van der Waals surface area contributed by atoms with Crippen LogP contribution < -0.4 is 5.32 Å². The van der Waals surface area contributed by atoms with Crippen LogP contribution in [0.2, 0.25) is 0 Å². The monoisotopic (exact) mass is 387 g/mol. The molecule has 0 radical (unpaired) electrons. The summed E-state index contributed by atoms with van der Waals surface area (Å²) in [6, 6.07) is 19.2. The number of benzene rings is 2. The van der Waals surface area contributed by atoms with Gasteiger partial charge in [-0.25, -0.2) is 0 Å². The highest BCUT2D eigenvalue weighted by molar-refractivity contribution is 6.00. The van der Waals surface area contributed by atoms with Crippen LogP contribution in [0.15, 0.2) is 60.7 Å². The first-order valence-corrected chi connectivity index (χ1v) is 9.51. The van der Waals surface area contributed by atoms with Gasteiger partial charge in [0.25, 0.3) is 5.91 Å². The fraction of sp³-hybridized carbons (Fsp3) is 0.208. The topological polar surface area (TPSA) is 62.3 Å². The Bertz CT molecular complexity index is 1050. The molecular formula is C24H25N3O2. The zero-order valence-electron chi connectivity index (χ0n) is 17.2. The second kappa shape index (κ2) is 8.69. The smallest absolute Gasteiger partial charge is 0.255 e. The van der Waals surface area contributed by atoms with E-state index in [9.17, 15) is 9.59 Å². The number of carbonyl (C=O) groups excluding carboxylic acids is 2. The fourth-order valence-electron chi connectivity index (χ4n) is 3.13. The number of anilines is 1. The fourth-order valence-corrected chi connectivity index (χ4v) is 3.13. The van der Waals surface area contributed by atoms with Gasteiger partial charge in [0.15, 0.2) is 0 Å². The number of aryl methyl sites for hydroxylation is 2. The molecule has 2 amide bonds. The third kappa shape index (κ3) is 4.69. The van der Waals surface area contributed by atoms with Crippen molar-refractivity contribution in [2.45, 2.75) is 20.8 Å². The lowest BCUT2D eigenvalue weighted by atomic mass is 10.1. The Morgan fingerprint density at radius 3 is 2.34 bits per heavy atom. The van der Waals surface area contributed by atoms with Gasteiger partial charge in [0.2, 0.25) is 5.91 Å². The van der Waals surface area contributed by atoms with Gasteiger partial charge in [-0.05, 0) is 50.1 Å². The number of nitrogens with zero attached hydrogens (tertiary/aromatic N) is 2. The van der Waals surface area contributed by atoms with Crippen LogP contribution in [0, 0.1) is 20.8 Å². The summed E-state index contributed by atoms with van der Waals surface area (Å²) in [7, 11) is 1.62. The number of nitrogens with one attached hydrogen (secondary N) is 1. The molecular weight excluding hydrogens is 362 g/mol. The minimum atomic E-state index is -0.235. The van der Waals surface area contributed by atoms with Crippen molar-refractivity contribution in [3.8, 4) is 11.3 Å². The second-order valence-corrected chi connectivity index (χ2v) is 7.15. The Morgan fingerprint density at radius 1 is 0.931 bits per heavy atom. The molecule has 0 aliphatic heterocycles. The Balaban J connectivity index is 1.69. The maximum absolute atomic E-state index is 12.8. The number of hydrogen-bond donors (Lipinski definition) is 1. The van der Waals surface area contributed by atoms with Gasteiger partial charge in [-0.2, -0.15) is 0 Å². The van der Waals surface area contributed by atoms with Gasteiger partial charge >= 0.3 is 0 Å². The summed E-state index contributed by atoms with van der Waals surface area (Å²) >= 11 is 0. The first-order valence-electron chi connectivity index (χ1n) is 9.51. The number of hydrogen-bond acceptors (Lipinski definition) is 3. The zero-order valence-corrected chi connectivity index (χ0v) is 17.2. The third-order valence-electron chi connectivity index (χ3n) is 4.99. The van der Waals surface area contributed by atoms with Crippen LogP contribution >= 0.6 is 0 Å². The molecule has 1 heterocycles. The number of aromatic nitrogens is 1. The summed E-state index contributed by atoms with van der Waals surface area (Å²) in [4.78, 5) is 31.2. The normalized spacial score (nSPS) is 10.5. The number of amides is 2. The Labute approximate surface area is 171 Å². The average Bonchev–Trinajstić information content (AvgIpc) is 2.71. The van der Waals surface area contributed by atoms with Crippen LogP contribution in [-0.2, 0) is 4.79 Å². The van der Waals surface area contributed by atoms with Crippen LogP contribution in [-0.4, -0.2) is 35.3 Å². The largest absolute Gasteiger partial charge is 0.332 e. The van der Waals surface area contributed by atoms with E-state index in [0.717, 1.165) is 28.1 Å². The van der Waals surface area contributed by atoms with Crippen molar-refractivity contribution in [2.75, 3.05) is 18.9 Å². The molecule has 0 aliphatic carbocycles. The van der Waals surface area contributed by atoms with Crippen molar-refractivity contribution in [1.82, 2.24) is 9.88 Å². The van der Waals surface area contributed by atoms with E-state index in [1.165, 1.54) is 4.90 Å². The van der Waals surface area contributed by atoms with Gasteiger partial charge in [-0.1, -0.05) is 42.5 Å². The maximum Gasteiger partial charge on any atom is 0.255 e. The highest BCUT2D eigenvalue weighted by Crippen LogP contribution is 2.20. The maximum atomic E-state index is 12.8. The van der Waals surface area contributed by atoms with Gasteiger partial charge in [0, 0.05) is 18.3 Å². The Hall–Kier alpha value is -3.47. The highest BCUT2D eigenvalue weighted by atomic mass is 16.2. The molecule has 2 aromatic carbocycles. The molecule has 0 saturated carbocycles. The molecule has 1 N–H and O–H groups in total. The van der Waals surface area contributed by atoms with Crippen molar-refractivity contribution < 1.29 is 9.59 Å². The minimum absolute atomic E-state index is 0.0356. The van der Waals surface area contributed by atoms with Crippen molar-refractivity contribution in [1.29, 1.82) is 0 Å². The first-order chi connectivity index (χ1) is 13.9. The zero-order chi connectivity index (χ0) is 21.0. The molecule has 1 aromatic heterocycles. The van der Waals surface area contributed by atoms with E-state index < -0.39 is 0 Å². The highest BCUT2D eigenvalue weighted by Gasteiger charge is 2.18. The van der Waals surface area contributed by atoms with Crippen molar-refractivity contribution in [2.24, 2.45) is 0 Å². The molecule has 0 spiro atoms. The lowest BCUT2D eigenvalue weighted by Gasteiger charge is -2.19. The summed E-state index contributed by atoms with van der Waals surface area (Å²) in [6.45, 7) is 5.73. The molecule has 0 aliphatic rings. The quantitative estimate of drug-likeness (QED) is 0.706. The lowest BCUT2D eigenvalue weighted by molar-refractivity contribution is -0.116. The lowest BCUT2D eigenvalue weighted by Crippen LogP contribution is -2.35. The van der Waals surface area contributed by atoms with Crippen LogP contribution in [0.4, 0.5) is 5.69 Å². The van der Waals surface area contributed by atoms with Crippen LogP contribution in [0.25, 0.3) is 11.3 Å². The summed E-state index contributed by atoms with van der Waals surface area (Å²) < 4.78 is 0. The van der Waals surface area contributed by atoms with Crippen LogP contribution in [0.3, 0.4) is 0 Å². The van der Waals surface area contributed by atoms with Crippen LogP contribution in [0.1, 0.15) is 27.2 Å². The molecule has 3 rings (SSSR count). The predicted octanol–water partition coefficient (Wildman–Crippen LogP) is 4.38. The minimum Gasteiger partial charge on any atom is -0.332 e. The molecule has 0 fully saturated rings. The molecule has 148 valence electrons. The van der Waals surface area contributed by atoms with E-state index in [0.29, 0.717) is 11.3 Å². The van der Waals surface area contributed by atoms with E-state index >= 15 is 0 Å².